The number of rotatable bonds is 8. The summed E-state index contributed by atoms with van der Waals surface area (Å²) in [6.45, 7) is 4.28. The van der Waals surface area contributed by atoms with Crippen LogP contribution >= 0.6 is 0 Å². The highest BCUT2D eigenvalue weighted by Crippen LogP contribution is 2.41. The van der Waals surface area contributed by atoms with Gasteiger partial charge in [-0.3, -0.25) is 9.88 Å². The number of likely N-dealkylation sites (N-methyl/N-ethyl adjacent to an activating group) is 1. The van der Waals surface area contributed by atoms with E-state index in [9.17, 15) is 4.39 Å². The summed E-state index contributed by atoms with van der Waals surface area (Å²) in [6, 6.07) is 12.0. The molecule has 0 amide bonds. The van der Waals surface area contributed by atoms with Gasteiger partial charge in [0.15, 0.2) is 5.82 Å². The SMILES string of the molecule is Cc1cccc2cccc(-c3ncc4c(NCC5(N(C)C)CCC5)nc(OC[C@@]56CCCN5C[C@H](F)C6)nc4c3F)c12. The summed E-state index contributed by atoms with van der Waals surface area (Å²) in [5.41, 5.74) is 1.86. The molecule has 1 aliphatic carbocycles. The Bertz CT molecular complexity index is 1650. The molecule has 9 heteroatoms. The smallest absolute Gasteiger partial charge is 0.319 e. The first-order valence-corrected chi connectivity index (χ1v) is 15.1. The van der Waals surface area contributed by atoms with Crippen LogP contribution in [0.25, 0.3) is 32.9 Å². The number of aromatic nitrogens is 3. The van der Waals surface area contributed by atoms with Crippen molar-refractivity contribution in [3.05, 3.63) is 54.0 Å². The summed E-state index contributed by atoms with van der Waals surface area (Å²) in [6.07, 6.45) is 6.49. The summed E-state index contributed by atoms with van der Waals surface area (Å²) >= 11 is 0. The predicted molar refractivity (Wildman–Crippen MR) is 162 cm³/mol. The van der Waals surface area contributed by atoms with Crippen LogP contribution in [-0.2, 0) is 0 Å². The topological polar surface area (TPSA) is 66.4 Å². The van der Waals surface area contributed by atoms with E-state index in [0.29, 0.717) is 30.7 Å². The Morgan fingerprint density at radius 3 is 2.67 bits per heavy atom. The number of ether oxygens (including phenoxy) is 1. The van der Waals surface area contributed by atoms with E-state index >= 15 is 4.39 Å². The zero-order valence-electron chi connectivity index (χ0n) is 24.6. The van der Waals surface area contributed by atoms with Gasteiger partial charge in [-0.15, -0.1) is 0 Å². The first-order chi connectivity index (χ1) is 20.3. The lowest BCUT2D eigenvalue weighted by Crippen LogP contribution is -2.54. The van der Waals surface area contributed by atoms with Gasteiger partial charge >= 0.3 is 6.01 Å². The number of hydrogen-bond donors (Lipinski definition) is 1. The minimum atomic E-state index is -0.858. The van der Waals surface area contributed by atoms with E-state index in [1.54, 1.807) is 6.20 Å². The fourth-order valence-electron chi connectivity index (χ4n) is 7.41. The zero-order chi connectivity index (χ0) is 29.1. The van der Waals surface area contributed by atoms with Crippen LogP contribution in [0.1, 0.15) is 44.1 Å². The van der Waals surface area contributed by atoms with Crippen LogP contribution in [0.15, 0.2) is 42.6 Å². The van der Waals surface area contributed by atoms with E-state index in [4.69, 9.17) is 9.72 Å². The average Bonchev–Trinajstić information content (AvgIpc) is 3.47. The maximum Gasteiger partial charge on any atom is 0.319 e. The Kier molecular flexibility index (Phi) is 6.77. The second-order valence-electron chi connectivity index (χ2n) is 12.7. The molecule has 2 atom stereocenters. The molecule has 7 nitrogen and oxygen atoms in total. The molecule has 3 aliphatic rings. The molecule has 0 unspecified atom stereocenters. The third-order valence-electron chi connectivity index (χ3n) is 10.1. The third kappa shape index (κ3) is 4.48. The van der Waals surface area contributed by atoms with Crippen LogP contribution < -0.4 is 10.1 Å². The molecule has 1 N–H and O–H groups in total. The number of fused-ring (bicyclic) bond motifs is 3. The molecule has 0 bridgehead atoms. The predicted octanol–water partition coefficient (Wildman–Crippen LogP) is 6.14. The number of pyridine rings is 1. The second-order valence-corrected chi connectivity index (χ2v) is 12.7. The number of hydrogen-bond acceptors (Lipinski definition) is 7. The van der Waals surface area contributed by atoms with Crippen molar-refractivity contribution in [3.63, 3.8) is 0 Å². The Labute approximate surface area is 245 Å². The van der Waals surface area contributed by atoms with Crippen molar-refractivity contribution in [2.75, 3.05) is 45.7 Å². The van der Waals surface area contributed by atoms with Crippen LogP contribution in [0.3, 0.4) is 0 Å². The quantitative estimate of drug-likeness (QED) is 0.272. The first kappa shape index (κ1) is 27.4. The van der Waals surface area contributed by atoms with Crippen molar-refractivity contribution in [1.29, 1.82) is 0 Å². The van der Waals surface area contributed by atoms with Gasteiger partial charge in [-0.05, 0) is 76.0 Å². The van der Waals surface area contributed by atoms with Gasteiger partial charge in [0.25, 0.3) is 0 Å². The summed E-state index contributed by atoms with van der Waals surface area (Å²) in [5.74, 6) is 0.000563. The van der Waals surface area contributed by atoms with Gasteiger partial charge < -0.3 is 15.0 Å². The molecule has 42 heavy (non-hydrogen) atoms. The lowest BCUT2D eigenvalue weighted by Gasteiger charge is -2.47. The third-order valence-corrected chi connectivity index (χ3v) is 10.1. The summed E-state index contributed by atoms with van der Waals surface area (Å²) in [4.78, 5) is 18.4. The van der Waals surface area contributed by atoms with Crippen LogP contribution in [-0.4, -0.2) is 82.3 Å². The molecule has 0 spiro atoms. The lowest BCUT2D eigenvalue weighted by molar-refractivity contribution is 0.0738. The van der Waals surface area contributed by atoms with E-state index in [1.807, 2.05) is 43.3 Å². The number of benzene rings is 2. The van der Waals surface area contributed by atoms with E-state index < -0.39 is 12.0 Å². The molecule has 7 rings (SSSR count). The standard InChI is InChI=1S/C33H38F2N6O/c1-21-8-4-9-22-10-5-11-24(26(21)22)28-27(35)29-25(17-36-28)30(37-19-32(40(2)3)12-6-13-32)39-31(38-29)42-20-33-14-7-15-41(33)18-23(34)16-33/h4-5,8-11,17,23H,6-7,12-16,18-20H2,1-3H3,(H,37,38,39)/t23-,33+/m1/s1. The summed E-state index contributed by atoms with van der Waals surface area (Å²) < 4.78 is 37.2. The average molecular weight is 573 g/mol. The molecule has 4 heterocycles. The van der Waals surface area contributed by atoms with E-state index in [-0.39, 0.29) is 34.9 Å². The number of alkyl halides is 1. The fraction of sp³-hybridized carbons (Fsp3) is 0.485. The van der Waals surface area contributed by atoms with Gasteiger partial charge in [-0.25, -0.2) is 8.78 Å². The number of aryl methyl sites for hydroxylation is 1. The van der Waals surface area contributed by atoms with Crippen LogP contribution in [0.4, 0.5) is 14.6 Å². The van der Waals surface area contributed by atoms with E-state index in [2.05, 4.69) is 39.2 Å². The lowest BCUT2D eigenvalue weighted by atomic mass is 9.75. The minimum absolute atomic E-state index is 0.0218. The molecule has 2 saturated heterocycles. The highest BCUT2D eigenvalue weighted by Gasteiger charge is 2.49. The monoisotopic (exact) mass is 572 g/mol. The molecular weight excluding hydrogens is 534 g/mol. The highest BCUT2D eigenvalue weighted by molar-refractivity contribution is 6.00. The van der Waals surface area contributed by atoms with Crippen LogP contribution in [0.2, 0.25) is 0 Å². The highest BCUT2D eigenvalue weighted by atomic mass is 19.1. The Morgan fingerprint density at radius 2 is 1.90 bits per heavy atom. The van der Waals surface area contributed by atoms with E-state index in [0.717, 1.165) is 54.1 Å². The second kappa shape index (κ2) is 10.4. The Hall–Kier alpha value is -3.43. The normalized spacial score (nSPS) is 23.4. The zero-order valence-corrected chi connectivity index (χ0v) is 24.6. The largest absolute Gasteiger partial charge is 0.461 e. The number of nitrogens with zero attached hydrogens (tertiary/aromatic N) is 5. The molecule has 4 aromatic rings. The molecule has 2 aliphatic heterocycles. The van der Waals surface area contributed by atoms with Crippen molar-refractivity contribution < 1.29 is 13.5 Å². The van der Waals surface area contributed by atoms with E-state index in [1.165, 1.54) is 6.42 Å². The molecular formula is C33H38F2N6O. The van der Waals surface area contributed by atoms with Gasteiger partial charge in [0.2, 0.25) is 0 Å². The Balaban J connectivity index is 1.30. The van der Waals surface area contributed by atoms with Gasteiger partial charge in [0.05, 0.1) is 10.9 Å². The minimum Gasteiger partial charge on any atom is -0.461 e. The molecule has 2 aromatic carbocycles. The van der Waals surface area contributed by atoms with Crippen molar-refractivity contribution in [2.45, 2.75) is 62.7 Å². The molecule has 220 valence electrons. The van der Waals surface area contributed by atoms with Crippen molar-refractivity contribution in [1.82, 2.24) is 24.8 Å². The fourth-order valence-corrected chi connectivity index (χ4v) is 7.41. The van der Waals surface area contributed by atoms with Gasteiger partial charge in [0.1, 0.15) is 29.8 Å². The molecule has 2 aromatic heterocycles. The summed E-state index contributed by atoms with van der Waals surface area (Å²) in [7, 11) is 4.19. The van der Waals surface area contributed by atoms with Crippen molar-refractivity contribution in [2.24, 2.45) is 0 Å². The number of halogens is 2. The Morgan fingerprint density at radius 1 is 1.10 bits per heavy atom. The maximum absolute atomic E-state index is 16.6. The number of anilines is 1. The molecule has 3 fully saturated rings. The van der Waals surface area contributed by atoms with Gasteiger partial charge in [0, 0.05) is 36.8 Å². The van der Waals surface area contributed by atoms with Gasteiger partial charge in [-0.2, -0.15) is 9.97 Å². The number of nitrogens with one attached hydrogen (secondary N) is 1. The molecule has 0 radical (unpaired) electrons. The summed E-state index contributed by atoms with van der Waals surface area (Å²) in [5, 5.41) is 6.02. The first-order valence-electron chi connectivity index (χ1n) is 15.1. The molecule has 1 saturated carbocycles. The van der Waals surface area contributed by atoms with Gasteiger partial charge in [-0.1, -0.05) is 36.4 Å². The van der Waals surface area contributed by atoms with Crippen LogP contribution in [0, 0.1) is 12.7 Å². The van der Waals surface area contributed by atoms with Crippen molar-refractivity contribution >= 4 is 27.5 Å². The van der Waals surface area contributed by atoms with Crippen molar-refractivity contribution in [3.8, 4) is 17.3 Å². The van der Waals surface area contributed by atoms with Crippen LogP contribution in [0.5, 0.6) is 6.01 Å². The maximum atomic E-state index is 16.6.